The molecule has 0 saturated carbocycles. The summed E-state index contributed by atoms with van der Waals surface area (Å²) in [6.45, 7) is 1.72. The van der Waals surface area contributed by atoms with Gasteiger partial charge in [-0.25, -0.2) is 0 Å². The van der Waals surface area contributed by atoms with Crippen LogP contribution in [-0.2, 0) is 6.54 Å². The van der Waals surface area contributed by atoms with E-state index in [9.17, 15) is 10.1 Å². The molecule has 7 heteroatoms. The Morgan fingerprint density at radius 1 is 1.15 bits per heavy atom. The van der Waals surface area contributed by atoms with Crippen molar-refractivity contribution in [2.24, 2.45) is 0 Å². The predicted molar refractivity (Wildman–Crippen MR) is 97.9 cm³/mol. The minimum atomic E-state index is -0.380. The third-order valence-corrected chi connectivity index (χ3v) is 4.36. The molecule has 1 aromatic heterocycles. The first-order valence-electron chi connectivity index (χ1n) is 8.25. The van der Waals surface area contributed by atoms with E-state index in [1.165, 1.54) is 6.07 Å². The number of nitro groups is 1. The van der Waals surface area contributed by atoms with Crippen LogP contribution in [0.1, 0.15) is 5.56 Å². The van der Waals surface area contributed by atoms with E-state index >= 15 is 0 Å². The number of nitro benzene ring substituents is 1. The van der Waals surface area contributed by atoms with E-state index in [0.717, 1.165) is 22.7 Å². The molecule has 3 aromatic rings. The number of nitrogens with zero attached hydrogens (tertiary/aromatic N) is 3. The molecule has 2 aromatic carbocycles. The van der Waals surface area contributed by atoms with Gasteiger partial charge in [-0.2, -0.15) is 0 Å². The van der Waals surface area contributed by atoms with Crippen LogP contribution in [0.5, 0.6) is 11.5 Å². The molecule has 132 valence electrons. The minimum absolute atomic E-state index is 0.0598. The predicted octanol–water partition coefficient (Wildman–Crippen LogP) is 3.55. The van der Waals surface area contributed by atoms with Gasteiger partial charge in [0.05, 0.1) is 16.0 Å². The highest BCUT2D eigenvalue weighted by molar-refractivity contribution is 5.96. The molecular weight excluding hydrogens is 334 g/mol. The minimum Gasteiger partial charge on any atom is -0.486 e. The van der Waals surface area contributed by atoms with Gasteiger partial charge >= 0.3 is 0 Å². The summed E-state index contributed by atoms with van der Waals surface area (Å²) < 4.78 is 11.2. The maximum Gasteiger partial charge on any atom is 0.278 e. The average molecular weight is 351 g/mol. The highest BCUT2D eigenvalue weighted by Gasteiger charge is 2.18. The van der Waals surface area contributed by atoms with Crippen molar-refractivity contribution in [3.05, 3.63) is 64.3 Å². The van der Waals surface area contributed by atoms with E-state index in [0.29, 0.717) is 30.7 Å². The smallest absolute Gasteiger partial charge is 0.278 e. The van der Waals surface area contributed by atoms with Crippen LogP contribution < -0.4 is 14.4 Å². The van der Waals surface area contributed by atoms with Crippen LogP contribution in [0, 0.1) is 10.1 Å². The molecular formula is C19H17N3O4. The molecule has 4 rings (SSSR count). The number of hydrogen-bond acceptors (Lipinski definition) is 6. The molecule has 1 aliphatic rings. The summed E-state index contributed by atoms with van der Waals surface area (Å²) in [5.41, 5.74) is 2.56. The van der Waals surface area contributed by atoms with Gasteiger partial charge in [-0.1, -0.05) is 6.07 Å². The number of hydrogen-bond donors (Lipinski definition) is 0. The highest BCUT2D eigenvalue weighted by atomic mass is 16.6. The van der Waals surface area contributed by atoms with Gasteiger partial charge in [0.2, 0.25) is 0 Å². The summed E-state index contributed by atoms with van der Waals surface area (Å²) in [4.78, 5) is 17.3. The fourth-order valence-corrected chi connectivity index (χ4v) is 3.16. The molecule has 0 N–H and O–H groups in total. The molecule has 1 aliphatic heterocycles. The van der Waals surface area contributed by atoms with Crippen molar-refractivity contribution >= 4 is 22.3 Å². The monoisotopic (exact) mass is 351 g/mol. The lowest BCUT2D eigenvalue weighted by Crippen LogP contribution is -2.18. The van der Waals surface area contributed by atoms with Crippen molar-refractivity contribution in [1.29, 1.82) is 0 Å². The zero-order valence-electron chi connectivity index (χ0n) is 14.2. The van der Waals surface area contributed by atoms with E-state index in [1.54, 1.807) is 24.4 Å². The van der Waals surface area contributed by atoms with E-state index < -0.39 is 0 Å². The fourth-order valence-electron chi connectivity index (χ4n) is 3.16. The number of pyridine rings is 1. The van der Waals surface area contributed by atoms with Gasteiger partial charge in [-0.15, -0.1) is 0 Å². The van der Waals surface area contributed by atoms with Gasteiger partial charge in [-0.3, -0.25) is 15.1 Å². The molecule has 0 fully saturated rings. The van der Waals surface area contributed by atoms with E-state index in [2.05, 4.69) is 4.98 Å². The van der Waals surface area contributed by atoms with E-state index in [-0.39, 0.29) is 10.6 Å². The lowest BCUT2D eigenvalue weighted by atomic mass is 10.1. The molecule has 0 aliphatic carbocycles. The van der Waals surface area contributed by atoms with Crippen molar-refractivity contribution in [1.82, 2.24) is 4.98 Å². The Bertz CT molecular complexity index is 990. The second kappa shape index (κ2) is 6.51. The zero-order valence-corrected chi connectivity index (χ0v) is 14.2. The van der Waals surface area contributed by atoms with Gasteiger partial charge in [-0.05, 0) is 35.9 Å². The first-order valence-corrected chi connectivity index (χ1v) is 8.25. The van der Waals surface area contributed by atoms with Crippen LogP contribution in [0.3, 0.4) is 0 Å². The normalized spacial score (nSPS) is 12.8. The Morgan fingerprint density at radius 3 is 2.77 bits per heavy atom. The zero-order chi connectivity index (χ0) is 18.1. The summed E-state index contributed by atoms with van der Waals surface area (Å²) in [5, 5.41) is 11.8. The Hall–Kier alpha value is -3.35. The molecule has 0 radical (unpaired) electrons. The van der Waals surface area contributed by atoms with E-state index in [1.807, 2.05) is 30.1 Å². The van der Waals surface area contributed by atoms with Crippen molar-refractivity contribution in [3.63, 3.8) is 0 Å². The van der Waals surface area contributed by atoms with Gasteiger partial charge < -0.3 is 14.4 Å². The standard InChI is InChI=1S/C19H17N3O4/c1-21(12-13-4-7-17-18(11-13)26-10-9-25-17)16-6-5-15(22(23)24)14-3-2-8-20-19(14)16/h2-8,11H,9-10,12H2,1H3. The summed E-state index contributed by atoms with van der Waals surface area (Å²) in [6, 6.07) is 12.6. The quantitative estimate of drug-likeness (QED) is 0.528. The third-order valence-electron chi connectivity index (χ3n) is 4.36. The number of rotatable bonds is 4. The van der Waals surface area contributed by atoms with Gasteiger partial charge in [0.25, 0.3) is 5.69 Å². The van der Waals surface area contributed by atoms with E-state index in [4.69, 9.17) is 9.47 Å². The molecule has 0 bridgehead atoms. The molecule has 0 spiro atoms. The second-order valence-electron chi connectivity index (χ2n) is 6.09. The van der Waals surface area contributed by atoms with Crippen LogP contribution in [0.4, 0.5) is 11.4 Å². The highest BCUT2D eigenvalue weighted by Crippen LogP contribution is 2.34. The first-order chi connectivity index (χ1) is 12.6. The Labute approximate surface area is 149 Å². The first kappa shape index (κ1) is 16.1. The lowest BCUT2D eigenvalue weighted by Gasteiger charge is -2.23. The van der Waals surface area contributed by atoms with Crippen molar-refractivity contribution in [2.45, 2.75) is 6.54 Å². The Balaban J connectivity index is 1.67. The van der Waals surface area contributed by atoms with Gasteiger partial charge in [0.1, 0.15) is 18.7 Å². The molecule has 2 heterocycles. The Morgan fingerprint density at radius 2 is 1.96 bits per heavy atom. The summed E-state index contributed by atoms with van der Waals surface area (Å²) in [5.74, 6) is 1.50. The lowest BCUT2D eigenvalue weighted by molar-refractivity contribution is -0.383. The van der Waals surface area contributed by atoms with Crippen molar-refractivity contribution in [3.8, 4) is 11.5 Å². The number of fused-ring (bicyclic) bond motifs is 2. The molecule has 0 unspecified atom stereocenters. The Kier molecular flexibility index (Phi) is 4.04. The largest absolute Gasteiger partial charge is 0.486 e. The van der Waals surface area contributed by atoms with Crippen LogP contribution in [0.15, 0.2) is 48.7 Å². The number of benzene rings is 2. The molecule has 7 nitrogen and oxygen atoms in total. The summed E-state index contributed by atoms with van der Waals surface area (Å²) in [7, 11) is 1.94. The number of ether oxygens (including phenoxy) is 2. The van der Waals surface area contributed by atoms with Crippen molar-refractivity contribution < 1.29 is 14.4 Å². The molecule has 0 amide bonds. The molecule has 26 heavy (non-hydrogen) atoms. The van der Waals surface area contributed by atoms with Crippen molar-refractivity contribution in [2.75, 3.05) is 25.2 Å². The van der Waals surface area contributed by atoms with Crippen LogP contribution in [0.2, 0.25) is 0 Å². The SMILES string of the molecule is CN(Cc1ccc2c(c1)OCCO2)c1ccc([N+](=O)[O-])c2cccnc12. The van der Waals surface area contributed by atoms with Gasteiger partial charge in [0, 0.05) is 25.9 Å². The van der Waals surface area contributed by atoms with Crippen LogP contribution >= 0.6 is 0 Å². The van der Waals surface area contributed by atoms with Crippen LogP contribution in [0.25, 0.3) is 10.9 Å². The number of aromatic nitrogens is 1. The topological polar surface area (TPSA) is 77.7 Å². The maximum atomic E-state index is 11.3. The second-order valence-corrected chi connectivity index (χ2v) is 6.09. The van der Waals surface area contributed by atoms with Gasteiger partial charge in [0.15, 0.2) is 11.5 Å². The molecule has 0 saturated heterocycles. The fraction of sp³-hybridized carbons (Fsp3) is 0.211. The average Bonchev–Trinajstić information content (AvgIpc) is 2.66. The third kappa shape index (κ3) is 2.88. The summed E-state index contributed by atoms with van der Waals surface area (Å²) >= 11 is 0. The van der Waals surface area contributed by atoms with Crippen LogP contribution in [-0.4, -0.2) is 30.2 Å². The number of anilines is 1. The maximum absolute atomic E-state index is 11.3. The summed E-state index contributed by atoms with van der Waals surface area (Å²) in [6.07, 6.45) is 1.65. The molecule has 0 atom stereocenters. The number of non-ortho nitro benzene ring substituents is 1.